The highest BCUT2D eigenvalue weighted by molar-refractivity contribution is 14.1. The minimum absolute atomic E-state index is 0.0509. The smallest absolute Gasteiger partial charge is 0.451 e. The van der Waals surface area contributed by atoms with Crippen LogP contribution in [0.5, 0.6) is 11.5 Å². The van der Waals surface area contributed by atoms with Gasteiger partial charge in [-0.15, -0.1) is 0 Å². The number of amides is 1. The fraction of sp³-hybridized carbons (Fsp3) is 0.278. The molecule has 0 unspecified atom stereocenters. The van der Waals surface area contributed by atoms with Crippen molar-refractivity contribution in [3.8, 4) is 11.5 Å². The number of carbonyl (C=O) groups is 1. The Kier molecular flexibility index (Phi) is 7.72. The van der Waals surface area contributed by atoms with Crippen LogP contribution in [0.3, 0.4) is 0 Å². The lowest BCUT2D eigenvalue weighted by Crippen LogP contribution is -2.16. The van der Waals surface area contributed by atoms with E-state index in [1.165, 1.54) is 12.1 Å². The van der Waals surface area contributed by atoms with Gasteiger partial charge in [0.1, 0.15) is 17.1 Å². The van der Waals surface area contributed by atoms with Crippen LogP contribution in [0.4, 0.5) is 23.2 Å². The van der Waals surface area contributed by atoms with Crippen LogP contribution in [0.1, 0.15) is 23.2 Å². The number of nitrogens with one attached hydrogen (secondary N) is 1. The molecule has 2 rings (SSSR count). The minimum atomic E-state index is -3.27. The molecule has 0 aliphatic carbocycles. The summed E-state index contributed by atoms with van der Waals surface area (Å²) >= 11 is 0.889. The van der Waals surface area contributed by atoms with Crippen LogP contribution in [0.2, 0.25) is 0 Å². The lowest BCUT2D eigenvalue weighted by molar-refractivity contribution is -0.0691. The first-order valence-electron chi connectivity index (χ1n) is 8.17. The molecule has 0 fully saturated rings. The van der Waals surface area contributed by atoms with Crippen LogP contribution >= 0.6 is 22.6 Å². The summed E-state index contributed by atoms with van der Waals surface area (Å²) in [5.41, 5.74) is 4.84. The summed E-state index contributed by atoms with van der Waals surface area (Å²) in [5, 5.41) is 3.09. The number of carbonyl (C=O) groups excluding carboxylic acids is 1. The van der Waals surface area contributed by atoms with E-state index in [1.807, 2.05) is 0 Å². The monoisotopic (exact) mass is 512 g/mol. The van der Waals surface area contributed by atoms with E-state index in [0.717, 1.165) is 40.4 Å². The molecule has 0 bridgehead atoms. The lowest BCUT2D eigenvalue weighted by Gasteiger charge is -2.12. The number of ether oxygens (including phenoxy) is 2. The number of halogens is 5. The predicted molar refractivity (Wildman–Crippen MR) is 104 cm³/mol. The van der Waals surface area contributed by atoms with Gasteiger partial charge < -0.3 is 20.5 Å². The van der Waals surface area contributed by atoms with E-state index in [-0.39, 0.29) is 18.1 Å². The molecule has 0 saturated carbocycles. The van der Waals surface area contributed by atoms with Gasteiger partial charge in [0.2, 0.25) is 0 Å². The van der Waals surface area contributed by atoms with Crippen molar-refractivity contribution in [2.45, 2.75) is 17.0 Å². The number of alkyl halides is 3. The molecular formula is C18H17F4IN2O3. The zero-order chi connectivity index (χ0) is 20.7. The summed E-state index contributed by atoms with van der Waals surface area (Å²) in [6.45, 7) is 0.713. The van der Waals surface area contributed by atoms with Crippen molar-refractivity contribution in [2.24, 2.45) is 5.73 Å². The number of hydrogen-bond acceptors (Lipinski definition) is 4. The van der Waals surface area contributed by atoms with Crippen molar-refractivity contribution < 1.29 is 31.8 Å². The summed E-state index contributed by atoms with van der Waals surface area (Å²) in [4.78, 5) is 11.1. The molecule has 0 aliphatic heterocycles. The molecule has 0 atom stereocenters. The van der Waals surface area contributed by atoms with Gasteiger partial charge in [0.15, 0.2) is 11.6 Å². The maximum Gasteiger partial charge on any atom is 0.451 e. The third-order valence-electron chi connectivity index (χ3n) is 3.55. The molecule has 0 spiro atoms. The molecule has 1 amide bonds. The van der Waals surface area contributed by atoms with Crippen molar-refractivity contribution in [1.82, 2.24) is 0 Å². The second-order valence-corrected chi connectivity index (χ2v) is 6.91. The number of rotatable bonds is 10. The number of nitrogens with two attached hydrogens (primary N) is 1. The Morgan fingerprint density at radius 1 is 1.11 bits per heavy atom. The van der Waals surface area contributed by atoms with Crippen molar-refractivity contribution in [2.75, 3.05) is 18.5 Å². The summed E-state index contributed by atoms with van der Waals surface area (Å²) in [5.74, 6) is -3.56. The molecule has 2 aromatic carbocycles. The molecule has 0 saturated heterocycles. The Labute approximate surface area is 172 Å². The molecule has 0 radical (unpaired) electrons. The first-order valence-corrected chi connectivity index (χ1v) is 9.25. The Hall–Kier alpha value is -2.24. The van der Waals surface area contributed by atoms with Gasteiger partial charge in [0.25, 0.3) is 5.91 Å². The second-order valence-electron chi connectivity index (χ2n) is 5.65. The molecule has 3 N–H and O–H groups in total. The zero-order valence-corrected chi connectivity index (χ0v) is 16.6. The van der Waals surface area contributed by atoms with Gasteiger partial charge in [0, 0.05) is 12.2 Å². The van der Waals surface area contributed by atoms with Crippen LogP contribution in [0.15, 0.2) is 36.4 Å². The maximum atomic E-state index is 14.0. The highest BCUT2D eigenvalue weighted by Gasteiger charge is 2.26. The SMILES string of the molecule is NC(=O)c1c(F)ccc(OCCCCNc2ccc(OC(F)(F)I)cc2)c1F. The van der Waals surface area contributed by atoms with Crippen LogP contribution < -0.4 is 20.5 Å². The quantitative estimate of drug-likeness (QED) is 0.210. The number of unbranched alkanes of at least 4 members (excludes halogenated alkanes) is 1. The highest BCUT2D eigenvalue weighted by atomic mass is 127. The molecule has 5 nitrogen and oxygen atoms in total. The van der Waals surface area contributed by atoms with Gasteiger partial charge in [-0.05, 0) is 49.2 Å². The van der Waals surface area contributed by atoms with Crippen molar-refractivity contribution in [3.05, 3.63) is 53.6 Å². The van der Waals surface area contributed by atoms with E-state index in [4.69, 9.17) is 10.5 Å². The van der Waals surface area contributed by atoms with Crippen LogP contribution in [0, 0.1) is 11.6 Å². The van der Waals surface area contributed by atoms with E-state index in [0.29, 0.717) is 19.4 Å². The Morgan fingerprint density at radius 2 is 1.79 bits per heavy atom. The number of hydrogen-bond donors (Lipinski definition) is 2. The van der Waals surface area contributed by atoms with E-state index >= 15 is 0 Å². The standard InChI is InChI=1S/C18H17F4IN2O3/c19-13-7-8-14(16(20)15(13)17(24)26)27-10-2-1-9-25-11-3-5-12(6-4-11)28-18(21,22)23/h3-8,25H,1-2,9-10H2,(H2,24,26). The first-order chi connectivity index (χ1) is 13.2. The third kappa shape index (κ3) is 6.73. The molecule has 0 aliphatic rings. The van der Waals surface area contributed by atoms with Gasteiger partial charge in [-0.1, -0.05) is 0 Å². The summed E-state index contributed by atoms with van der Waals surface area (Å²) < 4.78 is 59.2. The summed E-state index contributed by atoms with van der Waals surface area (Å²) in [6.07, 6.45) is 1.22. The fourth-order valence-corrected chi connectivity index (χ4v) is 2.54. The Bertz CT molecular complexity index is 814. The first kappa shape index (κ1) is 22.1. The van der Waals surface area contributed by atoms with Crippen molar-refractivity contribution >= 4 is 34.2 Å². The van der Waals surface area contributed by atoms with Crippen LogP contribution in [0.25, 0.3) is 0 Å². The van der Waals surface area contributed by atoms with Gasteiger partial charge in [-0.3, -0.25) is 4.79 Å². The average Bonchev–Trinajstić information content (AvgIpc) is 2.59. The normalized spacial score (nSPS) is 11.2. The predicted octanol–water partition coefficient (Wildman–Crippen LogP) is 4.70. The molecule has 2 aromatic rings. The van der Waals surface area contributed by atoms with E-state index in [2.05, 4.69) is 10.1 Å². The molecular weight excluding hydrogens is 495 g/mol. The maximum absolute atomic E-state index is 14.0. The van der Waals surface area contributed by atoms with Gasteiger partial charge in [-0.2, -0.15) is 8.78 Å². The van der Waals surface area contributed by atoms with E-state index in [1.54, 1.807) is 12.1 Å². The number of anilines is 1. The Balaban J connectivity index is 1.73. The fourth-order valence-electron chi connectivity index (χ4n) is 2.29. The zero-order valence-electron chi connectivity index (χ0n) is 14.5. The summed E-state index contributed by atoms with van der Waals surface area (Å²) in [7, 11) is 0. The molecule has 0 aromatic heterocycles. The largest absolute Gasteiger partial charge is 0.490 e. The molecule has 152 valence electrons. The molecule has 28 heavy (non-hydrogen) atoms. The number of primary amides is 1. The third-order valence-corrected chi connectivity index (χ3v) is 3.77. The van der Waals surface area contributed by atoms with E-state index in [9.17, 15) is 22.4 Å². The second kappa shape index (κ2) is 9.80. The molecule has 10 heteroatoms. The minimum Gasteiger partial charge on any atom is -0.490 e. The lowest BCUT2D eigenvalue weighted by atomic mass is 10.1. The van der Waals surface area contributed by atoms with Crippen LogP contribution in [-0.2, 0) is 0 Å². The van der Waals surface area contributed by atoms with Gasteiger partial charge in [-0.25, -0.2) is 8.78 Å². The van der Waals surface area contributed by atoms with E-state index < -0.39 is 27.2 Å². The topological polar surface area (TPSA) is 73.6 Å². The molecule has 0 heterocycles. The Morgan fingerprint density at radius 3 is 2.39 bits per heavy atom. The van der Waals surface area contributed by atoms with Gasteiger partial charge >= 0.3 is 4.12 Å². The highest BCUT2D eigenvalue weighted by Crippen LogP contribution is 2.28. The number of benzene rings is 2. The van der Waals surface area contributed by atoms with Crippen molar-refractivity contribution in [3.63, 3.8) is 0 Å². The van der Waals surface area contributed by atoms with Crippen LogP contribution in [-0.4, -0.2) is 23.2 Å². The van der Waals surface area contributed by atoms with Crippen molar-refractivity contribution in [1.29, 1.82) is 0 Å². The summed E-state index contributed by atoms with van der Waals surface area (Å²) in [6, 6.07) is 8.07. The van der Waals surface area contributed by atoms with Gasteiger partial charge in [0.05, 0.1) is 29.2 Å². The average molecular weight is 512 g/mol.